The lowest BCUT2D eigenvalue weighted by atomic mass is 10.1. The minimum Gasteiger partial charge on any atom is -0.465 e. The van der Waals surface area contributed by atoms with Crippen LogP contribution in [0.2, 0.25) is 0 Å². The second kappa shape index (κ2) is 9.43. The van der Waals surface area contributed by atoms with Crippen LogP contribution in [0.1, 0.15) is 12.5 Å². The highest BCUT2D eigenvalue weighted by Gasteiger charge is 2.32. The van der Waals surface area contributed by atoms with E-state index >= 15 is 0 Å². The first-order valence-electron chi connectivity index (χ1n) is 9.09. The number of halogens is 1. The summed E-state index contributed by atoms with van der Waals surface area (Å²) in [6.45, 7) is 1.30. The summed E-state index contributed by atoms with van der Waals surface area (Å²) < 4.78 is 45.3. The van der Waals surface area contributed by atoms with Crippen molar-refractivity contribution in [3.05, 3.63) is 60.2 Å². The van der Waals surface area contributed by atoms with Crippen LogP contribution in [-0.4, -0.2) is 44.1 Å². The van der Waals surface area contributed by atoms with Gasteiger partial charge in [0, 0.05) is 6.54 Å². The molecule has 2 atom stereocenters. The molecule has 0 radical (unpaired) electrons. The molecule has 0 aliphatic rings. The number of alkyl halides is 1. The average molecular weight is 437 g/mol. The number of fused-ring (bicyclic) bond motifs is 1. The molecular weight excluding hydrogens is 415 g/mol. The van der Waals surface area contributed by atoms with Gasteiger partial charge < -0.3 is 10.1 Å². The van der Waals surface area contributed by atoms with Crippen molar-refractivity contribution in [1.29, 1.82) is 0 Å². The first-order chi connectivity index (χ1) is 13.9. The fraction of sp³-hybridized carbons (Fsp3) is 0.300. The van der Waals surface area contributed by atoms with Gasteiger partial charge in [0.05, 0.1) is 16.8 Å². The van der Waals surface area contributed by atoms with Crippen molar-refractivity contribution in [2.24, 2.45) is 0 Å². The van der Waals surface area contributed by atoms with Gasteiger partial charge in [-0.2, -0.15) is 0 Å². The molecule has 6 nitrogen and oxygen atoms in total. The smallest absolute Gasteiger partial charge is 0.323 e. The third-order valence-electron chi connectivity index (χ3n) is 4.23. The van der Waals surface area contributed by atoms with Gasteiger partial charge in [0.1, 0.15) is 6.04 Å². The molecule has 29 heavy (non-hydrogen) atoms. The van der Waals surface area contributed by atoms with Crippen molar-refractivity contribution in [3.8, 4) is 0 Å². The van der Waals surface area contributed by atoms with E-state index in [-0.39, 0.29) is 17.4 Å². The molecule has 0 aliphatic carbocycles. The zero-order valence-corrected chi connectivity index (χ0v) is 17.4. The predicted octanol–water partition coefficient (Wildman–Crippen LogP) is 3.13. The number of sulfone groups is 1. The second-order valence-corrected chi connectivity index (χ2v) is 9.58. The number of rotatable bonds is 9. The summed E-state index contributed by atoms with van der Waals surface area (Å²) in [6.07, 6.45) is 0.258. The van der Waals surface area contributed by atoms with Crippen LogP contribution in [0.4, 0.5) is 4.39 Å². The van der Waals surface area contributed by atoms with Gasteiger partial charge in [-0.3, -0.25) is 4.79 Å². The van der Waals surface area contributed by atoms with Gasteiger partial charge in [-0.15, -0.1) is 11.3 Å². The van der Waals surface area contributed by atoms with Crippen LogP contribution in [0, 0.1) is 0 Å². The van der Waals surface area contributed by atoms with Crippen molar-refractivity contribution < 1.29 is 22.3 Å². The number of hydrogen-bond acceptors (Lipinski definition) is 7. The van der Waals surface area contributed by atoms with Crippen LogP contribution in [0.5, 0.6) is 0 Å². The SMILES string of the molecule is CCOC(=O)[C@@H](Cc1ccccc1)NCC(F)S(=O)(=O)c1nc2ccccc2s1. The molecule has 3 rings (SSSR count). The van der Waals surface area contributed by atoms with E-state index in [1.807, 2.05) is 30.3 Å². The van der Waals surface area contributed by atoms with E-state index in [0.29, 0.717) is 10.2 Å². The van der Waals surface area contributed by atoms with Crippen molar-refractivity contribution in [2.75, 3.05) is 13.2 Å². The molecule has 0 spiro atoms. The monoisotopic (exact) mass is 436 g/mol. The standard InChI is InChI=1S/C20H21FN2O4S2/c1-2-27-19(24)16(12-14-8-4-3-5-9-14)22-13-18(21)29(25,26)20-23-15-10-6-7-11-17(15)28-20/h3-11,16,18,22H,2,12-13H2,1H3/t16-,18?/m1/s1. The summed E-state index contributed by atoms with van der Waals surface area (Å²) in [5.41, 5.74) is -0.886. The number of esters is 1. The number of hydrogen-bond donors (Lipinski definition) is 1. The number of ether oxygens (including phenoxy) is 1. The molecule has 9 heteroatoms. The van der Waals surface area contributed by atoms with Gasteiger partial charge in [-0.1, -0.05) is 42.5 Å². The van der Waals surface area contributed by atoms with E-state index in [2.05, 4.69) is 10.3 Å². The van der Waals surface area contributed by atoms with Crippen LogP contribution < -0.4 is 5.32 Å². The van der Waals surface area contributed by atoms with Crippen LogP contribution >= 0.6 is 11.3 Å². The average Bonchev–Trinajstić information content (AvgIpc) is 3.17. The third kappa shape index (κ3) is 5.17. The Kier molecular flexibility index (Phi) is 6.94. The largest absolute Gasteiger partial charge is 0.465 e. The second-order valence-electron chi connectivity index (χ2n) is 6.31. The van der Waals surface area contributed by atoms with Crippen LogP contribution in [0.25, 0.3) is 10.2 Å². The summed E-state index contributed by atoms with van der Waals surface area (Å²) >= 11 is 0.925. The maximum absolute atomic E-state index is 14.7. The number of aromatic nitrogens is 1. The maximum atomic E-state index is 14.7. The molecule has 2 aromatic carbocycles. The molecule has 1 N–H and O–H groups in total. The molecule has 1 aromatic heterocycles. The quantitative estimate of drug-likeness (QED) is 0.519. The molecule has 0 aliphatic heterocycles. The number of benzene rings is 2. The summed E-state index contributed by atoms with van der Waals surface area (Å²) in [6, 6.07) is 15.2. The van der Waals surface area contributed by atoms with Gasteiger partial charge in [-0.05, 0) is 31.0 Å². The first kappa shape index (κ1) is 21.4. The summed E-state index contributed by atoms with van der Waals surface area (Å²) in [5.74, 6) is -0.555. The van der Waals surface area contributed by atoms with E-state index < -0.39 is 33.9 Å². The zero-order valence-electron chi connectivity index (χ0n) is 15.7. The number of thiazole rings is 1. The third-order valence-corrected chi connectivity index (χ3v) is 7.43. The van der Waals surface area contributed by atoms with Crippen molar-refractivity contribution >= 4 is 37.4 Å². The molecule has 0 fully saturated rings. The molecule has 1 heterocycles. The number of carbonyl (C=O) groups excluding carboxylic acids is 1. The van der Waals surface area contributed by atoms with Gasteiger partial charge in [0.2, 0.25) is 19.7 Å². The predicted molar refractivity (Wildman–Crippen MR) is 110 cm³/mol. The Labute approximate surface area is 172 Å². The molecule has 0 saturated carbocycles. The Morgan fingerprint density at radius 2 is 1.86 bits per heavy atom. The van der Waals surface area contributed by atoms with E-state index in [1.54, 1.807) is 31.2 Å². The highest BCUT2D eigenvalue weighted by atomic mass is 32.2. The summed E-state index contributed by atoms with van der Waals surface area (Å²) in [4.78, 5) is 16.3. The van der Waals surface area contributed by atoms with E-state index in [0.717, 1.165) is 16.9 Å². The topological polar surface area (TPSA) is 85.4 Å². The summed E-state index contributed by atoms with van der Waals surface area (Å²) in [5, 5.41) is 2.71. The summed E-state index contributed by atoms with van der Waals surface area (Å²) in [7, 11) is -4.28. The molecule has 154 valence electrons. The number of carbonyl (C=O) groups is 1. The van der Waals surface area contributed by atoms with E-state index in [1.165, 1.54) is 0 Å². The molecule has 1 unspecified atom stereocenters. The molecule has 0 bridgehead atoms. The van der Waals surface area contributed by atoms with E-state index in [4.69, 9.17) is 4.74 Å². The van der Waals surface area contributed by atoms with Crippen LogP contribution in [0.15, 0.2) is 58.9 Å². The van der Waals surface area contributed by atoms with Gasteiger partial charge in [-0.25, -0.2) is 17.8 Å². The lowest BCUT2D eigenvalue weighted by Crippen LogP contribution is -2.44. The number of para-hydroxylation sites is 1. The molecule has 3 aromatic rings. The Hall–Kier alpha value is -2.36. The minimum absolute atomic E-state index is 0.175. The lowest BCUT2D eigenvalue weighted by Gasteiger charge is -2.18. The Bertz CT molecular complexity index is 1040. The molecule has 0 saturated heterocycles. The van der Waals surface area contributed by atoms with Gasteiger partial charge >= 0.3 is 5.97 Å². The number of nitrogens with zero attached hydrogens (tertiary/aromatic N) is 1. The fourth-order valence-corrected chi connectivity index (χ4v) is 5.26. The van der Waals surface area contributed by atoms with Gasteiger partial charge in [0.15, 0.2) is 0 Å². The number of nitrogens with one attached hydrogen (secondary N) is 1. The zero-order chi connectivity index (χ0) is 20.9. The Balaban J connectivity index is 1.72. The lowest BCUT2D eigenvalue weighted by molar-refractivity contribution is -0.145. The Morgan fingerprint density at radius 3 is 2.55 bits per heavy atom. The fourth-order valence-electron chi connectivity index (χ4n) is 2.76. The Morgan fingerprint density at radius 1 is 1.17 bits per heavy atom. The van der Waals surface area contributed by atoms with Crippen molar-refractivity contribution in [3.63, 3.8) is 0 Å². The minimum atomic E-state index is -4.28. The maximum Gasteiger partial charge on any atom is 0.323 e. The van der Waals surface area contributed by atoms with Gasteiger partial charge in [0.25, 0.3) is 0 Å². The van der Waals surface area contributed by atoms with Crippen molar-refractivity contribution in [1.82, 2.24) is 10.3 Å². The normalized spacial score (nSPS) is 13.9. The molecular formula is C20H21FN2O4S2. The van der Waals surface area contributed by atoms with Crippen LogP contribution in [0.3, 0.4) is 0 Å². The molecule has 0 amide bonds. The highest BCUT2D eigenvalue weighted by molar-refractivity contribution is 7.93. The first-order valence-corrected chi connectivity index (χ1v) is 11.5. The van der Waals surface area contributed by atoms with Crippen molar-refractivity contribution in [2.45, 2.75) is 29.2 Å². The van der Waals surface area contributed by atoms with Crippen LogP contribution in [-0.2, 0) is 25.8 Å². The van der Waals surface area contributed by atoms with E-state index in [9.17, 15) is 17.6 Å². The highest BCUT2D eigenvalue weighted by Crippen LogP contribution is 2.28.